The van der Waals surface area contributed by atoms with Crippen molar-refractivity contribution in [2.24, 2.45) is 5.92 Å². The largest absolute Gasteiger partial charge is 0.396 e. The van der Waals surface area contributed by atoms with E-state index in [-0.39, 0.29) is 24.7 Å². The second kappa shape index (κ2) is 6.41. The maximum absolute atomic E-state index is 12.2. The lowest BCUT2D eigenvalue weighted by atomic mass is 10.00. The summed E-state index contributed by atoms with van der Waals surface area (Å²) in [5.74, 6) is 0.842. The van der Waals surface area contributed by atoms with Crippen molar-refractivity contribution in [2.75, 3.05) is 13.2 Å². The Morgan fingerprint density at radius 1 is 1.39 bits per heavy atom. The molecule has 0 aromatic rings. The number of nitrogens with one attached hydrogen (secondary N) is 1. The third-order valence-corrected chi connectivity index (χ3v) is 4.10. The highest BCUT2D eigenvalue weighted by Gasteiger charge is 2.28. The topological polar surface area (TPSA) is 52.6 Å². The van der Waals surface area contributed by atoms with Crippen molar-refractivity contribution in [1.29, 1.82) is 0 Å². The summed E-state index contributed by atoms with van der Waals surface area (Å²) in [4.78, 5) is 14.2. The zero-order valence-electron chi connectivity index (χ0n) is 11.4. The number of hydrogen-bond donors (Lipinski definition) is 2. The van der Waals surface area contributed by atoms with Gasteiger partial charge >= 0.3 is 6.03 Å². The highest BCUT2D eigenvalue weighted by atomic mass is 16.3. The summed E-state index contributed by atoms with van der Waals surface area (Å²) in [6.07, 6.45) is 7.78. The van der Waals surface area contributed by atoms with Crippen molar-refractivity contribution in [3.05, 3.63) is 0 Å². The lowest BCUT2D eigenvalue weighted by Crippen LogP contribution is -2.51. The normalized spacial score (nSPS) is 25.9. The molecule has 0 aromatic heterocycles. The number of aliphatic hydroxyl groups excluding tert-OH is 1. The molecule has 104 valence electrons. The van der Waals surface area contributed by atoms with Crippen LogP contribution in [0.3, 0.4) is 0 Å². The number of nitrogens with zero attached hydrogens (tertiary/aromatic N) is 1. The third-order valence-electron chi connectivity index (χ3n) is 4.10. The van der Waals surface area contributed by atoms with Crippen molar-refractivity contribution in [2.45, 2.75) is 64.0 Å². The quantitative estimate of drug-likeness (QED) is 0.789. The first-order valence-electron chi connectivity index (χ1n) is 7.38. The van der Waals surface area contributed by atoms with Crippen molar-refractivity contribution in [3.63, 3.8) is 0 Å². The van der Waals surface area contributed by atoms with Gasteiger partial charge in [0.15, 0.2) is 0 Å². The molecule has 2 N–H and O–H groups in total. The van der Waals surface area contributed by atoms with Gasteiger partial charge in [-0.15, -0.1) is 0 Å². The second-order valence-corrected chi connectivity index (χ2v) is 5.88. The zero-order valence-corrected chi connectivity index (χ0v) is 11.4. The summed E-state index contributed by atoms with van der Waals surface area (Å²) in [6.45, 7) is 3.11. The molecular formula is C14H26N2O2. The smallest absolute Gasteiger partial charge is 0.317 e. The van der Waals surface area contributed by atoms with Crippen LogP contribution in [0.5, 0.6) is 0 Å². The molecule has 0 spiro atoms. The average Bonchev–Trinajstić information content (AvgIpc) is 3.13. The fourth-order valence-electron chi connectivity index (χ4n) is 2.92. The highest BCUT2D eigenvalue weighted by Crippen LogP contribution is 2.33. The molecule has 2 fully saturated rings. The molecule has 0 aromatic carbocycles. The van der Waals surface area contributed by atoms with Gasteiger partial charge in [-0.05, 0) is 44.9 Å². The van der Waals surface area contributed by atoms with Gasteiger partial charge in [0.2, 0.25) is 0 Å². The fraction of sp³-hybridized carbons (Fsp3) is 0.929. The monoisotopic (exact) mass is 254 g/mol. The average molecular weight is 254 g/mol. The Kier molecular flexibility index (Phi) is 4.87. The number of urea groups is 1. The van der Waals surface area contributed by atoms with Gasteiger partial charge < -0.3 is 15.3 Å². The number of carbonyl (C=O) groups excluding carboxylic acids is 1. The van der Waals surface area contributed by atoms with E-state index in [0.29, 0.717) is 6.42 Å². The number of likely N-dealkylation sites (tertiary alicyclic amines) is 1. The van der Waals surface area contributed by atoms with Crippen LogP contribution in [0.2, 0.25) is 0 Å². The van der Waals surface area contributed by atoms with E-state index in [1.165, 1.54) is 19.3 Å². The summed E-state index contributed by atoms with van der Waals surface area (Å²) in [5.41, 5.74) is 0. The predicted molar refractivity (Wildman–Crippen MR) is 71.4 cm³/mol. The van der Waals surface area contributed by atoms with Crippen LogP contribution < -0.4 is 5.32 Å². The van der Waals surface area contributed by atoms with Gasteiger partial charge in [-0.3, -0.25) is 0 Å². The Morgan fingerprint density at radius 3 is 2.83 bits per heavy atom. The fourth-order valence-corrected chi connectivity index (χ4v) is 2.92. The van der Waals surface area contributed by atoms with Gasteiger partial charge in [0.25, 0.3) is 0 Å². The van der Waals surface area contributed by atoms with Crippen LogP contribution in [-0.4, -0.2) is 41.3 Å². The first kappa shape index (κ1) is 13.7. The molecule has 2 unspecified atom stereocenters. The summed E-state index contributed by atoms with van der Waals surface area (Å²) >= 11 is 0. The van der Waals surface area contributed by atoms with Gasteiger partial charge in [0.1, 0.15) is 0 Å². The Hall–Kier alpha value is -0.770. The maximum atomic E-state index is 12.2. The number of piperidine rings is 1. The lowest BCUT2D eigenvalue weighted by molar-refractivity contribution is 0.129. The molecule has 1 aliphatic heterocycles. The number of aliphatic hydroxyl groups is 1. The number of hydrogen-bond acceptors (Lipinski definition) is 2. The van der Waals surface area contributed by atoms with Gasteiger partial charge in [-0.1, -0.05) is 12.8 Å². The van der Waals surface area contributed by atoms with E-state index < -0.39 is 0 Å². The molecule has 2 atom stereocenters. The first-order valence-corrected chi connectivity index (χ1v) is 7.38. The minimum atomic E-state index is 0.0706. The Balaban J connectivity index is 1.80. The van der Waals surface area contributed by atoms with Crippen molar-refractivity contribution in [3.8, 4) is 0 Å². The van der Waals surface area contributed by atoms with Gasteiger partial charge in [-0.2, -0.15) is 0 Å². The van der Waals surface area contributed by atoms with E-state index in [1.54, 1.807) is 0 Å². The van der Waals surface area contributed by atoms with Crippen molar-refractivity contribution < 1.29 is 9.90 Å². The Bertz CT molecular complexity index is 277. The van der Waals surface area contributed by atoms with E-state index in [9.17, 15) is 4.79 Å². The van der Waals surface area contributed by atoms with E-state index in [4.69, 9.17) is 5.11 Å². The summed E-state index contributed by atoms with van der Waals surface area (Å²) in [6, 6.07) is 0.583. The summed E-state index contributed by atoms with van der Waals surface area (Å²) < 4.78 is 0. The molecule has 0 radical (unpaired) electrons. The molecule has 2 aliphatic rings. The van der Waals surface area contributed by atoms with E-state index in [1.807, 2.05) is 4.90 Å². The molecule has 1 saturated heterocycles. The predicted octanol–water partition coefficient (Wildman–Crippen LogP) is 2.12. The molecule has 4 nitrogen and oxygen atoms in total. The number of carbonyl (C=O) groups is 1. The second-order valence-electron chi connectivity index (χ2n) is 5.88. The third kappa shape index (κ3) is 3.87. The van der Waals surface area contributed by atoms with E-state index >= 15 is 0 Å². The molecule has 1 heterocycles. The van der Waals surface area contributed by atoms with Gasteiger partial charge in [0.05, 0.1) is 0 Å². The zero-order chi connectivity index (χ0) is 13.0. The van der Waals surface area contributed by atoms with Crippen LogP contribution in [0.25, 0.3) is 0 Å². The minimum absolute atomic E-state index is 0.0706. The molecule has 0 bridgehead atoms. The van der Waals surface area contributed by atoms with Crippen molar-refractivity contribution >= 4 is 6.03 Å². The Labute approximate surface area is 110 Å². The SMILES string of the molecule is CC(CC1CC1)NC(=O)N1CCCCC1CCO. The highest BCUT2D eigenvalue weighted by molar-refractivity contribution is 5.75. The maximum Gasteiger partial charge on any atom is 0.317 e. The number of amides is 2. The molecule has 4 heteroatoms. The summed E-state index contributed by atoms with van der Waals surface area (Å²) in [5, 5.41) is 12.2. The van der Waals surface area contributed by atoms with Crippen LogP contribution in [0.15, 0.2) is 0 Å². The molecule has 18 heavy (non-hydrogen) atoms. The molecule has 2 rings (SSSR count). The van der Waals surface area contributed by atoms with E-state index in [0.717, 1.165) is 31.7 Å². The number of rotatable bonds is 5. The first-order chi connectivity index (χ1) is 8.70. The van der Waals surface area contributed by atoms with Crippen LogP contribution in [0.1, 0.15) is 51.9 Å². The lowest BCUT2D eigenvalue weighted by Gasteiger charge is -2.36. The van der Waals surface area contributed by atoms with Crippen LogP contribution in [0, 0.1) is 5.92 Å². The molecule has 1 aliphatic carbocycles. The van der Waals surface area contributed by atoms with Gasteiger partial charge in [0, 0.05) is 25.2 Å². The molecule has 1 saturated carbocycles. The van der Waals surface area contributed by atoms with Crippen LogP contribution in [-0.2, 0) is 0 Å². The summed E-state index contributed by atoms with van der Waals surface area (Å²) in [7, 11) is 0. The van der Waals surface area contributed by atoms with Crippen molar-refractivity contribution in [1.82, 2.24) is 10.2 Å². The molecular weight excluding hydrogens is 228 g/mol. The minimum Gasteiger partial charge on any atom is -0.396 e. The van der Waals surface area contributed by atoms with E-state index in [2.05, 4.69) is 12.2 Å². The van der Waals surface area contributed by atoms with Crippen LogP contribution in [0.4, 0.5) is 4.79 Å². The Morgan fingerprint density at radius 2 is 2.17 bits per heavy atom. The molecule has 2 amide bonds. The standard InChI is InChI=1S/C14H26N2O2/c1-11(10-12-5-6-12)15-14(18)16-8-3-2-4-13(16)7-9-17/h11-13,17H,2-10H2,1H3,(H,15,18). The van der Waals surface area contributed by atoms with Crippen LogP contribution >= 0.6 is 0 Å². The van der Waals surface area contributed by atoms with Gasteiger partial charge in [-0.25, -0.2) is 4.79 Å².